The molecule has 0 aliphatic rings. The maximum Gasteiger partial charge on any atom is 0.320 e. The Hall–Kier alpha value is -1.15. The molecule has 0 fully saturated rings. The van der Waals surface area contributed by atoms with Gasteiger partial charge in [-0.05, 0) is 73.0 Å². The number of carbonyl (C=O) groups excluding carboxylic acids is 2. The number of nitrogens with one attached hydrogen (secondary N) is 1. The van der Waals surface area contributed by atoms with E-state index in [0.717, 1.165) is 20.3 Å². The molecule has 0 atom stereocenters. The lowest BCUT2D eigenvalue weighted by atomic mass is 10.0. The molecule has 23 heavy (non-hydrogen) atoms. The zero-order chi connectivity index (χ0) is 17.6. The second-order valence-corrected chi connectivity index (χ2v) is 7.47. The van der Waals surface area contributed by atoms with Gasteiger partial charge in [-0.2, -0.15) is 0 Å². The first-order valence-electron chi connectivity index (χ1n) is 7.39. The molecule has 0 unspecified atom stereocenters. The molecule has 6 heteroatoms. The van der Waals surface area contributed by atoms with Crippen molar-refractivity contribution in [3.05, 3.63) is 32.4 Å². The molecule has 1 aromatic rings. The van der Waals surface area contributed by atoms with E-state index in [4.69, 9.17) is 9.47 Å². The van der Waals surface area contributed by atoms with E-state index < -0.39 is 5.60 Å². The van der Waals surface area contributed by atoms with Crippen LogP contribution >= 0.6 is 22.6 Å². The standard InChI is InChI=1S/C17H24INO4/c1-11-13(9-19-10-16(21)23-17(2,3)4)6-12(7-14(11)18)8-15(20)22-5/h6-7,19H,8-10H2,1-5H3. The van der Waals surface area contributed by atoms with Crippen LogP contribution in [0.4, 0.5) is 0 Å². The fourth-order valence-corrected chi connectivity index (χ4v) is 2.75. The van der Waals surface area contributed by atoms with Crippen molar-refractivity contribution >= 4 is 34.5 Å². The Labute approximate surface area is 151 Å². The third kappa shape index (κ3) is 7.30. The van der Waals surface area contributed by atoms with Crippen molar-refractivity contribution < 1.29 is 19.1 Å². The first-order chi connectivity index (χ1) is 10.6. The molecular weight excluding hydrogens is 409 g/mol. The molecule has 0 aliphatic carbocycles. The van der Waals surface area contributed by atoms with Gasteiger partial charge in [-0.3, -0.25) is 9.59 Å². The number of halogens is 1. The Balaban J connectivity index is 2.69. The zero-order valence-corrected chi connectivity index (χ0v) is 16.4. The summed E-state index contributed by atoms with van der Waals surface area (Å²) in [5.41, 5.74) is 2.61. The molecule has 1 rings (SSSR count). The summed E-state index contributed by atoms with van der Waals surface area (Å²) < 4.78 is 11.0. The first-order valence-corrected chi connectivity index (χ1v) is 8.47. The highest BCUT2D eigenvalue weighted by molar-refractivity contribution is 14.1. The fourth-order valence-electron chi connectivity index (χ4n) is 2.00. The number of benzene rings is 1. The molecule has 0 bridgehead atoms. The van der Waals surface area contributed by atoms with Crippen molar-refractivity contribution in [2.45, 2.75) is 46.3 Å². The molecule has 0 aromatic heterocycles. The highest BCUT2D eigenvalue weighted by atomic mass is 127. The van der Waals surface area contributed by atoms with E-state index in [1.807, 2.05) is 39.8 Å². The van der Waals surface area contributed by atoms with Crippen molar-refractivity contribution in [2.75, 3.05) is 13.7 Å². The molecule has 0 spiro atoms. The van der Waals surface area contributed by atoms with Crippen LogP contribution in [0.25, 0.3) is 0 Å². The third-order valence-corrected chi connectivity index (χ3v) is 4.21. The second kappa shape index (κ2) is 8.63. The summed E-state index contributed by atoms with van der Waals surface area (Å²) in [6.45, 7) is 8.23. The number of esters is 2. The monoisotopic (exact) mass is 433 g/mol. The van der Waals surface area contributed by atoms with Crippen molar-refractivity contribution in [3.63, 3.8) is 0 Å². The lowest BCUT2D eigenvalue weighted by molar-refractivity contribution is -0.153. The van der Waals surface area contributed by atoms with Gasteiger partial charge in [0.25, 0.3) is 0 Å². The molecule has 0 saturated carbocycles. The van der Waals surface area contributed by atoms with E-state index >= 15 is 0 Å². The minimum Gasteiger partial charge on any atom is -0.469 e. The smallest absolute Gasteiger partial charge is 0.320 e. The quantitative estimate of drug-likeness (QED) is 0.552. The SMILES string of the molecule is COC(=O)Cc1cc(I)c(C)c(CNCC(=O)OC(C)(C)C)c1. The van der Waals surface area contributed by atoms with Crippen LogP contribution in [-0.2, 0) is 32.0 Å². The summed E-state index contributed by atoms with van der Waals surface area (Å²) in [4.78, 5) is 23.1. The number of methoxy groups -OCH3 is 1. The van der Waals surface area contributed by atoms with Crippen LogP contribution in [0.5, 0.6) is 0 Å². The van der Waals surface area contributed by atoms with Gasteiger partial charge in [0.05, 0.1) is 20.1 Å². The number of hydrogen-bond donors (Lipinski definition) is 1. The van der Waals surface area contributed by atoms with Gasteiger partial charge in [-0.25, -0.2) is 0 Å². The average molecular weight is 433 g/mol. The molecule has 5 nitrogen and oxygen atoms in total. The zero-order valence-electron chi connectivity index (χ0n) is 14.3. The third-order valence-electron chi connectivity index (χ3n) is 3.09. The molecule has 0 heterocycles. The normalized spacial score (nSPS) is 11.2. The number of ether oxygens (including phenoxy) is 2. The van der Waals surface area contributed by atoms with Crippen LogP contribution in [0.3, 0.4) is 0 Å². The Kier molecular flexibility index (Phi) is 7.47. The number of rotatable bonds is 6. The maximum absolute atomic E-state index is 11.7. The summed E-state index contributed by atoms with van der Waals surface area (Å²) in [6, 6.07) is 3.95. The van der Waals surface area contributed by atoms with Gasteiger partial charge < -0.3 is 14.8 Å². The van der Waals surface area contributed by atoms with Gasteiger partial charge in [0.15, 0.2) is 0 Å². The molecule has 0 aliphatic heterocycles. The summed E-state index contributed by atoms with van der Waals surface area (Å²) in [6.07, 6.45) is 0.242. The van der Waals surface area contributed by atoms with Crippen LogP contribution in [0.1, 0.15) is 37.5 Å². The highest BCUT2D eigenvalue weighted by Gasteiger charge is 2.16. The lowest BCUT2D eigenvalue weighted by Crippen LogP contribution is -2.31. The van der Waals surface area contributed by atoms with E-state index in [0.29, 0.717) is 6.54 Å². The average Bonchev–Trinajstić information content (AvgIpc) is 2.41. The Morgan fingerprint density at radius 1 is 1.22 bits per heavy atom. The van der Waals surface area contributed by atoms with Crippen LogP contribution < -0.4 is 5.32 Å². The lowest BCUT2D eigenvalue weighted by Gasteiger charge is -2.19. The molecule has 1 N–H and O–H groups in total. The van der Waals surface area contributed by atoms with Crippen LogP contribution in [0.15, 0.2) is 12.1 Å². The Morgan fingerprint density at radius 2 is 1.87 bits per heavy atom. The van der Waals surface area contributed by atoms with Crippen molar-refractivity contribution in [2.24, 2.45) is 0 Å². The maximum atomic E-state index is 11.7. The Bertz CT molecular complexity index is 579. The summed E-state index contributed by atoms with van der Waals surface area (Å²) in [5.74, 6) is -0.548. The fraction of sp³-hybridized carbons (Fsp3) is 0.529. The molecule has 0 saturated heterocycles. The van der Waals surface area contributed by atoms with E-state index in [1.54, 1.807) is 0 Å². The molecule has 0 amide bonds. The van der Waals surface area contributed by atoms with E-state index in [9.17, 15) is 9.59 Å². The van der Waals surface area contributed by atoms with Gasteiger partial charge in [0.2, 0.25) is 0 Å². The predicted molar refractivity (Wildman–Crippen MR) is 97.2 cm³/mol. The second-order valence-electron chi connectivity index (χ2n) is 6.30. The topological polar surface area (TPSA) is 64.6 Å². The minimum absolute atomic E-state index is 0.147. The largest absolute Gasteiger partial charge is 0.469 e. The number of hydrogen-bond acceptors (Lipinski definition) is 5. The van der Waals surface area contributed by atoms with E-state index in [-0.39, 0.29) is 24.9 Å². The van der Waals surface area contributed by atoms with Gasteiger partial charge in [-0.15, -0.1) is 0 Å². The van der Waals surface area contributed by atoms with Gasteiger partial charge in [-0.1, -0.05) is 6.07 Å². The summed E-state index contributed by atoms with van der Waals surface area (Å²) >= 11 is 2.25. The summed E-state index contributed by atoms with van der Waals surface area (Å²) in [7, 11) is 1.38. The minimum atomic E-state index is -0.482. The first kappa shape index (κ1) is 19.9. The molecular formula is C17H24INO4. The molecule has 1 aromatic carbocycles. The van der Waals surface area contributed by atoms with Gasteiger partial charge >= 0.3 is 11.9 Å². The summed E-state index contributed by atoms with van der Waals surface area (Å²) in [5, 5.41) is 3.09. The van der Waals surface area contributed by atoms with Crippen LogP contribution in [-0.4, -0.2) is 31.2 Å². The number of carbonyl (C=O) groups is 2. The van der Waals surface area contributed by atoms with Crippen molar-refractivity contribution in [1.82, 2.24) is 5.32 Å². The molecule has 128 valence electrons. The van der Waals surface area contributed by atoms with E-state index in [1.165, 1.54) is 7.11 Å². The highest BCUT2D eigenvalue weighted by Crippen LogP contribution is 2.19. The van der Waals surface area contributed by atoms with Crippen molar-refractivity contribution in [3.8, 4) is 0 Å². The van der Waals surface area contributed by atoms with Gasteiger partial charge in [0, 0.05) is 10.1 Å². The Morgan fingerprint density at radius 3 is 2.43 bits per heavy atom. The predicted octanol–water partition coefficient (Wildman–Crippen LogP) is 2.75. The van der Waals surface area contributed by atoms with Crippen molar-refractivity contribution in [1.29, 1.82) is 0 Å². The van der Waals surface area contributed by atoms with Gasteiger partial charge in [0.1, 0.15) is 5.60 Å². The van der Waals surface area contributed by atoms with Crippen LogP contribution in [0, 0.1) is 10.5 Å². The van der Waals surface area contributed by atoms with Crippen LogP contribution in [0.2, 0.25) is 0 Å². The van der Waals surface area contributed by atoms with E-state index in [2.05, 4.69) is 27.9 Å². The molecule has 0 radical (unpaired) electrons.